The minimum atomic E-state index is -1.14. The summed E-state index contributed by atoms with van der Waals surface area (Å²) in [6, 6.07) is 0. The van der Waals surface area contributed by atoms with Gasteiger partial charge in [0.25, 0.3) is 0 Å². The van der Waals surface area contributed by atoms with Gasteiger partial charge < -0.3 is 28.8 Å². The Bertz CT molecular complexity index is 903. The fraction of sp³-hybridized carbons (Fsp3) is 0.781. The third-order valence-corrected chi connectivity index (χ3v) is 8.47. The first-order valence-corrected chi connectivity index (χ1v) is 15.3. The SMILES string of the molecule is C=C1CC[C@H](CCCC(C)C#CCC)[C@H]1C[C@H]1OC1CC(OC1CCCCO1)=C(OC1CCCCO1)C(=O)O. The van der Waals surface area contributed by atoms with Gasteiger partial charge in [-0.25, -0.2) is 4.79 Å². The molecule has 0 radical (unpaired) electrons. The van der Waals surface area contributed by atoms with E-state index in [2.05, 4.69) is 32.3 Å². The zero-order valence-corrected chi connectivity index (χ0v) is 24.0. The lowest BCUT2D eigenvalue weighted by atomic mass is 9.84. The molecule has 7 heteroatoms. The van der Waals surface area contributed by atoms with Gasteiger partial charge >= 0.3 is 5.97 Å². The first-order valence-electron chi connectivity index (χ1n) is 15.3. The van der Waals surface area contributed by atoms with E-state index in [1.807, 2.05) is 0 Å². The Labute approximate surface area is 234 Å². The highest BCUT2D eigenvalue weighted by molar-refractivity contribution is 5.84. The third kappa shape index (κ3) is 9.27. The predicted octanol–water partition coefficient (Wildman–Crippen LogP) is 6.72. The largest absolute Gasteiger partial charge is 0.475 e. The second-order valence-corrected chi connectivity index (χ2v) is 11.6. The fourth-order valence-corrected chi connectivity index (χ4v) is 6.16. The molecule has 7 atom stereocenters. The number of aliphatic carboxylic acids is 1. The minimum absolute atomic E-state index is 0.0774. The van der Waals surface area contributed by atoms with Gasteiger partial charge in [0.1, 0.15) is 0 Å². The summed E-state index contributed by atoms with van der Waals surface area (Å²) in [5.74, 6) is 7.08. The molecule has 4 fully saturated rings. The highest BCUT2D eigenvalue weighted by atomic mass is 16.7. The van der Waals surface area contributed by atoms with Crippen LogP contribution in [0.1, 0.15) is 104 Å². The molecule has 0 amide bonds. The summed E-state index contributed by atoms with van der Waals surface area (Å²) in [4.78, 5) is 12.3. The molecule has 4 rings (SSSR count). The number of hydrogen-bond donors (Lipinski definition) is 1. The number of ether oxygens (including phenoxy) is 5. The van der Waals surface area contributed by atoms with Crippen LogP contribution in [0.3, 0.4) is 0 Å². The smallest absolute Gasteiger partial charge is 0.374 e. The van der Waals surface area contributed by atoms with Crippen molar-refractivity contribution in [1.82, 2.24) is 0 Å². The van der Waals surface area contributed by atoms with Crippen molar-refractivity contribution < 1.29 is 33.6 Å². The van der Waals surface area contributed by atoms with Crippen molar-refractivity contribution >= 4 is 5.97 Å². The summed E-state index contributed by atoms with van der Waals surface area (Å²) < 4.78 is 29.6. The Morgan fingerprint density at radius 1 is 1.08 bits per heavy atom. The van der Waals surface area contributed by atoms with Crippen LogP contribution in [0.25, 0.3) is 0 Å². The van der Waals surface area contributed by atoms with Gasteiger partial charge in [0.2, 0.25) is 5.76 Å². The van der Waals surface area contributed by atoms with E-state index in [0.717, 1.165) is 57.8 Å². The van der Waals surface area contributed by atoms with Gasteiger partial charge in [-0.15, -0.1) is 11.8 Å². The van der Waals surface area contributed by atoms with Crippen LogP contribution >= 0.6 is 0 Å². The average Bonchev–Trinajstić information content (AvgIpc) is 3.59. The number of carboxylic acids is 1. The van der Waals surface area contributed by atoms with Crippen LogP contribution in [-0.4, -0.2) is 49.1 Å². The number of carbonyl (C=O) groups is 1. The Morgan fingerprint density at radius 3 is 2.44 bits per heavy atom. The summed E-state index contributed by atoms with van der Waals surface area (Å²) in [5, 5.41) is 10.1. The maximum atomic E-state index is 12.3. The maximum absolute atomic E-state index is 12.3. The molecular formula is C32H48O7. The summed E-state index contributed by atoms with van der Waals surface area (Å²) in [6.45, 7) is 9.89. The van der Waals surface area contributed by atoms with Crippen LogP contribution < -0.4 is 0 Å². The van der Waals surface area contributed by atoms with Crippen molar-refractivity contribution in [1.29, 1.82) is 0 Å². The zero-order chi connectivity index (χ0) is 27.6. The number of carboxylic acid groups (broad SMARTS) is 1. The van der Waals surface area contributed by atoms with E-state index in [4.69, 9.17) is 23.7 Å². The Balaban J connectivity index is 1.36. The monoisotopic (exact) mass is 544 g/mol. The van der Waals surface area contributed by atoms with Crippen LogP contribution in [0.5, 0.6) is 0 Å². The second kappa shape index (κ2) is 15.1. The van der Waals surface area contributed by atoms with Gasteiger partial charge in [0, 0.05) is 31.6 Å². The molecule has 4 unspecified atom stereocenters. The van der Waals surface area contributed by atoms with E-state index in [9.17, 15) is 9.90 Å². The standard InChI is InChI=1S/C32H48O7/c1-4-5-11-22(2)12-10-13-24-17-16-23(3)25(24)20-26-27(37-26)21-28(38-29-14-6-8-18-35-29)31(32(33)34)39-30-15-7-9-19-36-30/h22,24-27,29-30H,3-4,6-10,12-21H2,1-2H3,(H,33,34)/t22?,24-,25-,26+,27?,29?,30?/m0/s1. The van der Waals surface area contributed by atoms with E-state index in [1.165, 1.54) is 24.8 Å². The first-order chi connectivity index (χ1) is 18.9. The van der Waals surface area contributed by atoms with Gasteiger partial charge in [-0.2, -0.15) is 0 Å². The number of allylic oxidation sites excluding steroid dienone is 1. The van der Waals surface area contributed by atoms with Gasteiger partial charge in [-0.05, 0) is 69.6 Å². The molecule has 39 heavy (non-hydrogen) atoms. The molecule has 1 N–H and O–H groups in total. The molecule has 3 aliphatic heterocycles. The maximum Gasteiger partial charge on any atom is 0.374 e. The zero-order valence-electron chi connectivity index (χ0n) is 24.0. The van der Waals surface area contributed by atoms with Gasteiger partial charge in [0.05, 0.1) is 25.4 Å². The number of epoxide rings is 1. The lowest BCUT2D eigenvalue weighted by Gasteiger charge is -2.27. The molecule has 7 nitrogen and oxygen atoms in total. The van der Waals surface area contributed by atoms with Crippen molar-refractivity contribution in [2.75, 3.05) is 13.2 Å². The van der Waals surface area contributed by atoms with E-state index in [0.29, 0.717) is 49.6 Å². The summed E-state index contributed by atoms with van der Waals surface area (Å²) >= 11 is 0. The molecule has 0 aromatic rings. The highest BCUT2D eigenvalue weighted by Gasteiger charge is 2.45. The van der Waals surface area contributed by atoms with E-state index >= 15 is 0 Å². The van der Waals surface area contributed by atoms with Gasteiger partial charge in [-0.1, -0.05) is 32.4 Å². The molecule has 0 spiro atoms. The van der Waals surface area contributed by atoms with Crippen LogP contribution in [0.15, 0.2) is 23.7 Å². The van der Waals surface area contributed by atoms with Crippen molar-refractivity contribution in [2.24, 2.45) is 17.8 Å². The van der Waals surface area contributed by atoms with Crippen LogP contribution in [-0.2, 0) is 28.5 Å². The van der Waals surface area contributed by atoms with Crippen molar-refractivity contribution in [2.45, 2.75) is 129 Å². The molecular weight excluding hydrogens is 496 g/mol. The summed E-state index contributed by atoms with van der Waals surface area (Å²) in [7, 11) is 0. The first kappa shape index (κ1) is 30.0. The topological polar surface area (TPSA) is 86.8 Å². The molecule has 1 aliphatic carbocycles. The second-order valence-electron chi connectivity index (χ2n) is 11.6. The van der Waals surface area contributed by atoms with Gasteiger partial charge in [-0.3, -0.25) is 0 Å². The molecule has 4 aliphatic rings. The highest BCUT2D eigenvalue weighted by Crippen LogP contribution is 2.46. The lowest BCUT2D eigenvalue weighted by molar-refractivity contribution is -0.170. The molecule has 0 bridgehead atoms. The minimum Gasteiger partial charge on any atom is -0.475 e. The third-order valence-electron chi connectivity index (χ3n) is 8.47. The summed E-state index contributed by atoms with van der Waals surface area (Å²) in [5.41, 5.74) is 1.33. The molecule has 3 heterocycles. The van der Waals surface area contributed by atoms with Crippen molar-refractivity contribution in [3.63, 3.8) is 0 Å². The normalized spacial score (nSPS) is 32.0. The fourth-order valence-electron chi connectivity index (χ4n) is 6.16. The van der Waals surface area contributed by atoms with Crippen molar-refractivity contribution in [3.05, 3.63) is 23.7 Å². The number of rotatable bonds is 13. The molecule has 3 saturated heterocycles. The summed E-state index contributed by atoms with van der Waals surface area (Å²) in [6.07, 6.45) is 12.3. The molecule has 0 aromatic heterocycles. The lowest BCUT2D eigenvalue weighted by Crippen LogP contribution is -2.28. The molecule has 218 valence electrons. The van der Waals surface area contributed by atoms with Crippen LogP contribution in [0.4, 0.5) is 0 Å². The van der Waals surface area contributed by atoms with Crippen LogP contribution in [0.2, 0.25) is 0 Å². The predicted molar refractivity (Wildman–Crippen MR) is 148 cm³/mol. The van der Waals surface area contributed by atoms with Crippen LogP contribution in [0, 0.1) is 29.6 Å². The van der Waals surface area contributed by atoms with E-state index < -0.39 is 18.5 Å². The van der Waals surface area contributed by atoms with Crippen molar-refractivity contribution in [3.8, 4) is 11.8 Å². The molecule has 0 aromatic carbocycles. The van der Waals surface area contributed by atoms with E-state index in [1.54, 1.807) is 0 Å². The Morgan fingerprint density at radius 2 is 1.79 bits per heavy atom. The van der Waals surface area contributed by atoms with E-state index in [-0.39, 0.29) is 18.0 Å². The average molecular weight is 545 g/mol. The van der Waals surface area contributed by atoms with Gasteiger partial charge in [0.15, 0.2) is 18.3 Å². The Kier molecular flexibility index (Phi) is 11.6. The molecule has 1 saturated carbocycles. The number of hydrogen-bond acceptors (Lipinski definition) is 6. The quantitative estimate of drug-likeness (QED) is 0.0905. The Hall–Kier alpha value is -2.01.